The minimum Gasteiger partial charge on any atom is -0.393 e. The maximum atomic E-state index is 5.97. The van der Waals surface area contributed by atoms with Gasteiger partial charge in [0.1, 0.15) is 5.73 Å². The van der Waals surface area contributed by atoms with Crippen LogP contribution in [-0.4, -0.2) is 34.1 Å². The predicted molar refractivity (Wildman–Crippen MR) is 65.6 cm³/mol. The third-order valence-electron chi connectivity index (χ3n) is 2.88. The quantitative estimate of drug-likeness (QED) is 0.680. The lowest BCUT2D eigenvalue weighted by molar-refractivity contribution is 0.0396. The van der Waals surface area contributed by atoms with E-state index in [0.717, 1.165) is 32.3 Å². The van der Waals surface area contributed by atoms with E-state index in [1.807, 2.05) is 20.8 Å². The highest BCUT2D eigenvalue weighted by atomic mass is 28.4. The van der Waals surface area contributed by atoms with Gasteiger partial charge in [-0.15, -0.1) is 0 Å². The van der Waals surface area contributed by atoms with Crippen LogP contribution in [0.5, 0.6) is 0 Å². The summed E-state index contributed by atoms with van der Waals surface area (Å²) in [7, 11) is -2.06. The van der Waals surface area contributed by atoms with E-state index in [0.29, 0.717) is 0 Å². The molecule has 0 spiro atoms. The molecule has 98 valence electrons. The molecule has 16 heavy (non-hydrogen) atoms. The summed E-state index contributed by atoms with van der Waals surface area (Å²) in [6.07, 6.45) is 3.59. The monoisotopic (exact) mass is 252 g/mol. The number of ether oxygens (including phenoxy) is 1. The maximum Gasteiger partial charge on any atom is 0.368 e. The first kappa shape index (κ1) is 16.0. The molecule has 1 rings (SSSR count). The molecule has 1 saturated heterocycles. The summed E-state index contributed by atoms with van der Waals surface area (Å²) in [6.45, 7) is 8.40. The van der Waals surface area contributed by atoms with Gasteiger partial charge in [0.05, 0.1) is 0 Å². The lowest BCUT2D eigenvalue weighted by atomic mass is 10.2. The highest BCUT2D eigenvalue weighted by Gasteiger charge is 2.48. The minimum atomic E-state index is -2.06. The topological polar surface area (TPSA) is 27.7 Å². The van der Waals surface area contributed by atoms with Gasteiger partial charge in [0.15, 0.2) is 0 Å². The number of rotatable bonds is 6. The molecule has 0 radical (unpaired) electrons. The third kappa shape index (κ3) is 3.80. The molecule has 1 unspecified atom stereocenters. The smallest absolute Gasteiger partial charge is 0.368 e. The molecule has 0 N–H and O–H groups in total. The first-order valence-corrected chi connectivity index (χ1v) is 8.28. The van der Waals surface area contributed by atoms with Crippen molar-refractivity contribution < 1.29 is 18.3 Å². The Morgan fingerprint density at radius 1 is 1.00 bits per heavy atom. The Labute approximate surface area is 99.1 Å². The van der Waals surface area contributed by atoms with E-state index in [1.165, 1.54) is 12.8 Å². The molecular weight excluding hydrogens is 227 g/mol. The summed E-state index contributed by atoms with van der Waals surface area (Å²) < 4.78 is 17.8. The normalized spacial score (nSPS) is 23.8. The Hall–Kier alpha value is 0.0269. The van der Waals surface area contributed by atoms with Crippen LogP contribution in [0.2, 0.25) is 6.04 Å². The standard InChI is InChI=1S/C11H24O3Si.FH/c1-4-12-11-9-7-8-10-15(11,13-5-2)14-6-3;/h11H,4-10H2,1-3H3;1H. The fourth-order valence-corrected chi connectivity index (χ4v) is 6.20. The van der Waals surface area contributed by atoms with Crippen molar-refractivity contribution in [3.05, 3.63) is 0 Å². The Morgan fingerprint density at radius 2 is 1.62 bits per heavy atom. The Kier molecular flexibility index (Phi) is 8.18. The predicted octanol–water partition coefficient (Wildman–Crippen LogP) is 2.78. The molecule has 0 aromatic rings. The van der Waals surface area contributed by atoms with Gasteiger partial charge in [-0.25, -0.2) is 0 Å². The first-order chi connectivity index (χ1) is 7.29. The SMILES string of the molecule is CCOC1CCCC[Si]1(OCC)OCC.F. The van der Waals surface area contributed by atoms with Crippen LogP contribution in [0.25, 0.3) is 0 Å². The molecule has 0 saturated carbocycles. The van der Waals surface area contributed by atoms with Gasteiger partial charge in [-0.05, 0) is 33.2 Å². The molecular formula is C11H25FO3Si. The van der Waals surface area contributed by atoms with Crippen LogP contribution in [0, 0.1) is 0 Å². The highest BCUT2D eigenvalue weighted by molar-refractivity contribution is 6.69. The van der Waals surface area contributed by atoms with Crippen molar-refractivity contribution in [2.45, 2.75) is 51.8 Å². The number of halogens is 1. The maximum absolute atomic E-state index is 5.97. The molecule has 1 fully saturated rings. The third-order valence-corrected chi connectivity index (χ3v) is 6.92. The van der Waals surface area contributed by atoms with Gasteiger partial charge in [-0.2, -0.15) is 0 Å². The van der Waals surface area contributed by atoms with Crippen LogP contribution in [0.15, 0.2) is 0 Å². The largest absolute Gasteiger partial charge is 0.393 e. The summed E-state index contributed by atoms with van der Waals surface area (Å²) in [5.74, 6) is 0. The highest BCUT2D eigenvalue weighted by Crippen LogP contribution is 2.32. The molecule has 0 aliphatic carbocycles. The van der Waals surface area contributed by atoms with Crippen molar-refractivity contribution in [3.8, 4) is 0 Å². The number of hydrogen-bond acceptors (Lipinski definition) is 3. The van der Waals surface area contributed by atoms with Crippen molar-refractivity contribution in [2.24, 2.45) is 0 Å². The fourth-order valence-electron chi connectivity index (χ4n) is 2.35. The summed E-state index contributed by atoms with van der Waals surface area (Å²) in [5.41, 5.74) is 0.246. The van der Waals surface area contributed by atoms with E-state index in [2.05, 4.69) is 0 Å². The van der Waals surface area contributed by atoms with Gasteiger partial charge in [0.25, 0.3) is 0 Å². The summed E-state index contributed by atoms with van der Waals surface area (Å²) in [4.78, 5) is 0. The average molecular weight is 252 g/mol. The van der Waals surface area contributed by atoms with Gasteiger partial charge < -0.3 is 13.6 Å². The fraction of sp³-hybridized carbons (Fsp3) is 1.00. The molecule has 1 heterocycles. The van der Waals surface area contributed by atoms with Crippen molar-refractivity contribution >= 4 is 8.56 Å². The molecule has 0 aromatic heterocycles. The minimum absolute atomic E-state index is 0. The average Bonchev–Trinajstić information content (AvgIpc) is 2.23. The van der Waals surface area contributed by atoms with Gasteiger partial charge in [-0.3, -0.25) is 4.70 Å². The van der Waals surface area contributed by atoms with Crippen LogP contribution in [0.4, 0.5) is 4.70 Å². The summed E-state index contributed by atoms with van der Waals surface area (Å²) in [6, 6.07) is 1.10. The molecule has 1 aliphatic heterocycles. The van der Waals surface area contributed by atoms with E-state index in [-0.39, 0.29) is 10.4 Å². The summed E-state index contributed by atoms with van der Waals surface area (Å²) >= 11 is 0. The lowest BCUT2D eigenvalue weighted by Gasteiger charge is -2.39. The van der Waals surface area contributed by atoms with Crippen molar-refractivity contribution in [2.75, 3.05) is 19.8 Å². The van der Waals surface area contributed by atoms with Crippen molar-refractivity contribution in [1.82, 2.24) is 0 Å². The molecule has 5 heteroatoms. The van der Waals surface area contributed by atoms with Gasteiger partial charge in [-0.1, -0.05) is 12.8 Å². The van der Waals surface area contributed by atoms with E-state index >= 15 is 0 Å². The van der Waals surface area contributed by atoms with Crippen LogP contribution >= 0.6 is 0 Å². The van der Waals surface area contributed by atoms with Crippen LogP contribution in [-0.2, 0) is 13.6 Å². The first-order valence-electron chi connectivity index (χ1n) is 6.18. The van der Waals surface area contributed by atoms with Crippen molar-refractivity contribution in [1.29, 1.82) is 0 Å². The lowest BCUT2D eigenvalue weighted by Crippen LogP contribution is -2.56. The Bertz CT molecular complexity index is 167. The Balaban J connectivity index is 0.00000225. The molecule has 1 aliphatic rings. The van der Waals surface area contributed by atoms with Crippen LogP contribution in [0.3, 0.4) is 0 Å². The van der Waals surface area contributed by atoms with E-state index < -0.39 is 8.56 Å². The second-order valence-electron chi connectivity index (χ2n) is 3.87. The van der Waals surface area contributed by atoms with Gasteiger partial charge in [0.2, 0.25) is 0 Å². The van der Waals surface area contributed by atoms with Crippen molar-refractivity contribution in [3.63, 3.8) is 0 Å². The molecule has 0 amide bonds. The molecule has 0 aromatic carbocycles. The van der Waals surface area contributed by atoms with E-state index in [4.69, 9.17) is 13.6 Å². The second-order valence-corrected chi connectivity index (χ2v) is 7.21. The zero-order valence-corrected chi connectivity index (χ0v) is 11.7. The van der Waals surface area contributed by atoms with Crippen LogP contribution < -0.4 is 0 Å². The summed E-state index contributed by atoms with van der Waals surface area (Å²) in [5, 5.41) is 0. The van der Waals surface area contributed by atoms with Gasteiger partial charge in [0, 0.05) is 19.8 Å². The van der Waals surface area contributed by atoms with E-state index in [9.17, 15) is 0 Å². The van der Waals surface area contributed by atoms with E-state index in [1.54, 1.807) is 0 Å². The zero-order chi connectivity index (χ0) is 11.1. The Morgan fingerprint density at radius 3 is 2.12 bits per heavy atom. The molecule has 0 bridgehead atoms. The molecule has 1 atom stereocenters. The second kappa shape index (κ2) is 8.17. The van der Waals surface area contributed by atoms with Crippen LogP contribution in [0.1, 0.15) is 40.0 Å². The molecule has 3 nitrogen and oxygen atoms in total. The zero-order valence-electron chi connectivity index (χ0n) is 10.7. The number of hydrogen-bond donors (Lipinski definition) is 0. The van der Waals surface area contributed by atoms with Gasteiger partial charge >= 0.3 is 8.56 Å².